The van der Waals surface area contributed by atoms with Crippen molar-refractivity contribution in [2.24, 2.45) is 10.7 Å². The Labute approximate surface area is 135 Å². The smallest absolute Gasteiger partial charge is 0.305 e. The van der Waals surface area contributed by atoms with Crippen LogP contribution in [0.4, 0.5) is 5.69 Å². The van der Waals surface area contributed by atoms with E-state index in [4.69, 9.17) is 22.1 Å². The molecule has 6 nitrogen and oxygen atoms in total. The molecule has 122 valence electrons. The molecule has 0 aliphatic carbocycles. The molecular formula is C15H22ClN3O3. The second-order valence-corrected chi connectivity index (χ2v) is 5.04. The van der Waals surface area contributed by atoms with Gasteiger partial charge in [0.2, 0.25) is 0 Å². The van der Waals surface area contributed by atoms with Gasteiger partial charge in [0.25, 0.3) is 0 Å². The van der Waals surface area contributed by atoms with Crippen molar-refractivity contribution in [2.75, 3.05) is 26.1 Å². The van der Waals surface area contributed by atoms with E-state index >= 15 is 0 Å². The van der Waals surface area contributed by atoms with Crippen LogP contribution in [0.15, 0.2) is 23.2 Å². The highest BCUT2D eigenvalue weighted by Gasteiger charge is 2.02. The molecule has 0 aromatic heterocycles. The third-order valence-corrected chi connectivity index (χ3v) is 3.27. The molecule has 0 atom stereocenters. The first kappa shape index (κ1) is 18.1. The number of carbonyl (C=O) groups excluding carboxylic acids is 1. The zero-order valence-corrected chi connectivity index (χ0v) is 13.7. The van der Waals surface area contributed by atoms with Crippen molar-refractivity contribution < 1.29 is 14.3 Å². The van der Waals surface area contributed by atoms with Crippen LogP contribution in [-0.2, 0) is 9.53 Å². The summed E-state index contributed by atoms with van der Waals surface area (Å²) >= 11 is 6.03. The Morgan fingerprint density at radius 2 is 2.09 bits per heavy atom. The van der Waals surface area contributed by atoms with Gasteiger partial charge < -0.3 is 20.5 Å². The standard InChI is InChI=1S/C15H22ClN3O3/c1-21-13-8-7-11(10-12(13)16)19-15(17)18-9-5-3-4-6-14(20)22-2/h7-8,10H,3-6,9H2,1-2H3,(H3,17,18,19). The highest BCUT2D eigenvalue weighted by Crippen LogP contribution is 2.26. The van der Waals surface area contributed by atoms with Crippen molar-refractivity contribution in [3.63, 3.8) is 0 Å². The van der Waals surface area contributed by atoms with Gasteiger partial charge in [0.1, 0.15) is 5.75 Å². The number of guanidine groups is 1. The van der Waals surface area contributed by atoms with Gasteiger partial charge in [0.05, 0.1) is 19.2 Å². The second kappa shape index (κ2) is 9.89. The van der Waals surface area contributed by atoms with Crippen molar-refractivity contribution in [1.82, 2.24) is 0 Å². The number of hydrogen-bond acceptors (Lipinski definition) is 4. The summed E-state index contributed by atoms with van der Waals surface area (Å²) in [6.45, 7) is 0.601. The summed E-state index contributed by atoms with van der Waals surface area (Å²) in [5, 5.41) is 3.47. The van der Waals surface area contributed by atoms with Gasteiger partial charge in [0.15, 0.2) is 5.96 Å². The molecule has 22 heavy (non-hydrogen) atoms. The minimum Gasteiger partial charge on any atom is -0.495 e. The van der Waals surface area contributed by atoms with Crippen LogP contribution in [0.1, 0.15) is 25.7 Å². The van der Waals surface area contributed by atoms with Crippen LogP contribution in [0.3, 0.4) is 0 Å². The monoisotopic (exact) mass is 327 g/mol. The number of nitrogens with two attached hydrogens (primary N) is 1. The maximum atomic E-state index is 10.9. The molecule has 0 bridgehead atoms. The number of methoxy groups -OCH3 is 2. The maximum Gasteiger partial charge on any atom is 0.305 e. The first-order valence-electron chi connectivity index (χ1n) is 7.04. The van der Waals surface area contributed by atoms with Crippen LogP contribution in [-0.4, -0.2) is 32.7 Å². The number of nitrogens with one attached hydrogen (secondary N) is 1. The average Bonchev–Trinajstić information content (AvgIpc) is 2.50. The summed E-state index contributed by atoms with van der Waals surface area (Å²) in [7, 11) is 2.95. The number of carbonyl (C=O) groups is 1. The van der Waals surface area contributed by atoms with E-state index in [9.17, 15) is 4.79 Å². The molecular weight excluding hydrogens is 306 g/mol. The number of nitrogens with zero attached hydrogens (tertiary/aromatic N) is 1. The number of anilines is 1. The fourth-order valence-corrected chi connectivity index (χ4v) is 2.05. The molecule has 1 rings (SSSR count). The Bertz CT molecular complexity index is 521. The van der Waals surface area contributed by atoms with Gasteiger partial charge in [-0.3, -0.25) is 9.79 Å². The zero-order chi connectivity index (χ0) is 16.4. The molecule has 0 aliphatic heterocycles. The van der Waals surface area contributed by atoms with Crippen LogP contribution in [0.25, 0.3) is 0 Å². The second-order valence-electron chi connectivity index (χ2n) is 4.63. The number of aliphatic imine (C=N–C) groups is 1. The molecule has 0 spiro atoms. The van der Waals surface area contributed by atoms with Crippen LogP contribution in [0, 0.1) is 0 Å². The van der Waals surface area contributed by atoms with Crippen molar-refractivity contribution in [3.05, 3.63) is 23.2 Å². The molecule has 7 heteroatoms. The highest BCUT2D eigenvalue weighted by atomic mass is 35.5. The highest BCUT2D eigenvalue weighted by molar-refractivity contribution is 6.32. The molecule has 0 radical (unpaired) electrons. The summed E-state index contributed by atoms with van der Waals surface area (Å²) < 4.78 is 9.65. The summed E-state index contributed by atoms with van der Waals surface area (Å²) in [5.74, 6) is 0.753. The summed E-state index contributed by atoms with van der Waals surface area (Å²) in [5.41, 5.74) is 6.55. The molecule has 0 amide bonds. The lowest BCUT2D eigenvalue weighted by Crippen LogP contribution is -2.22. The van der Waals surface area contributed by atoms with E-state index in [1.165, 1.54) is 7.11 Å². The molecule has 0 saturated heterocycles. The maximum absolute atomic E-state index is 10.9. The lowest BCUT2D eigenvalue weighted by Gasteiger charge is -2.08. The van der Waals surface area contributed by atoms with Crippen LogP contribution in [0.5, 0.6) is 5.75 Å². The van der Waals surface area contributed by atoms with Crippen LogP contribution in [0.2, 0.25) is 5.02 Å². The Kier molecular flexibility index (Phi) is 8.14. The fraction of sp³-hybridized carbons (Fsp3) is 0.467. The zero-order valence-electron chi connectivity index (χ0n) is 12.9. The third-order valence-electron chi connectivity index (χ3n) is 2.97. The Balaban J connectivity index is 2.31. The van der Waals surface area contributed by atoms with E-state index in [0.29, 0.717) is 29.7 Å². The Hall–Kier alpha value is -1.95. The van der Waals surface area contributed by atoms with E-state index in [1.807, 2.05) is 6.07 Å². The predicted octanol–water partition coefficient (Wildman–Crippen LogP) is 2.81. The van der Waals surface area contributed by atoms with Gasteiger partial charge in [-0.2, -0.15) is 0 Å². The molecule has 0 aliphatic rings. The Morgan fingerprint density at radius 3 is 2.73 bits per heavy atom. The molecule has 0 fully saturated rings. The van der Waals surface area contributed by atoms with Gasteiger partial charge in [-0.15, -0.1) is 0 Å². The van der Waals surface area contributed by atoms with E-state index in [1.54, 1.807) is 19.2 Å². The van der Waals surface area contributed by atoms with E-state index in [-0.39, 0.29) is 5.97 Å². The number of rotatable bonds is 8. The van der Waals surface area contributed by atoms with Gasteiger partial charge in [-0.05, 0) is 31.0 Å². The van der Waals surface area contributed by atoms with Crippen LogP contribution >= 0.6 is 11.6 Å². The van der Waals surface area contributed by atoms with Gasteiger partial charge >= 0.3 is 5.97 Å². The quantitative estimate of drug-likeness (QED) is 0.332. The van der Waals surface area contributed by atoms with Crippen LogP contribution < -0.4 is 15.8 Å². The van der Waals surface area contributed by atoms with Crippen molar-refractivity contribution in [3.8, 4) is 5.75 Å². The number of hydrogen-bond donors (Lipinski definition) is 2. The predicted molar refractivity (Wildman–Crippen MR) is 88.6 cm³/mol. The van der Waals surface area contributed by atoms with E-state index in [2.05, 4.69) is 15.0 Å². The average molecular weight is 328 g/mol. The van der Waals surface area contributed by atoms with Crippen molar-refractivity contribution in [1.29, 1.82) is 0 Å². The lowest BCUT2D eigenvalue weighted by molar-refractivity contribution is -0.140. The number of halogens is 1. The third kappa shape index (κ3) is 6.67. The minimum atomic E-state index is -0.180. The molecule has 1 aromatic carbocycles. The number of unbranched alkanes of at least 4 members (excludes halogenated alkanes) is 2. The lowest BCUT2D eigenvalue weighted by atomic mass is 10.2. The van der Waals surface area contributed by atoms with Gasteiger partial charge in [0, 0.05) is 18.7 Å². The largest absolute Gasteiger partial charge is 0.495 e. The number of ether oxygens (including phenoxy) is 2. The summed E-state index contributed by atoms with van der Waals surface area (Å²) in [4.78, 5) is 15.2. The summed E-state index contributed by atoms with van der Waals surface area (Å²) in [6, 6.07) is 5.29. The summed E-state index contributed by atoms with van der Waals surface area (Å²) in [6.07, 6.45) is 3.00. The minimum absolute atomic E-state index is 0.180. The topological polar surface area (TPSA) is 85.9 Å². The first-order chi connectivity index (χ1) is 10.6. The molecule has 1 aromatic rings. The number of esters is 1. The number of benzene rings is 1. The van der Waals surface area contributed by atoms with E-state index < -0.39 is 0 Å². The molecule has 3 N–H and O–H groups in total. The van der Waals surface area contributed by atoms with Gasteiger partial charge in [-0.25, -0.2) is 0 Å². The molecule has 0 saturated carbocycles. The van der Waals surface area contributed by atoms with Gasteiger partial charge in [-0.1, -0.05) is 18.0 Å². The Morgan fingerprint density at radius 1 is 1.32 bits per heavy atom. The van der Waals surface area contributed by atoms with Crippen molar-refractivity contribution in [2.45, 2.75) is 25.7 Å². The first-order valence-corrected chi connectivity index (χ1v) is 7.42. The normalized spacial score (nSPS) is 11.1. The SMILES string of the molecule is COC(=O)CCCCCN=C(N)Nc1ccc(OC)c(Cl)c1. The fourth-order valence-electron chi connectivity index (χ4n) is 1.79. The van der Waals surface area contributed by atoms with E-state index in [0.717, 1.165) is 24.9 Å². The molecule has 0 heterocycles. The molecule has 0 unspecified atom stereocenters. The van der Waals surface area contributed by atoms with Crippen molar-refractivity contribution >= 4 is 29.2 Å².